The summed E-state index contributed by atoms with van der Waals surface area (Å²) in [4.78, 5) is 12.8. The number of amides is 1. The zero-order chi connectivity index (χ0) is 18.7. The van der Waals surface area contributed by atoms with Gasteiger partial charge in [-0.1, -0.05) is 56.3 Å². The molecule has 134 valence electrons. The number of aryl methyl sites for hydroxylation is 1. The lowest BCUT2D eigenvalue weighted by Crippen LogP contribution is -2.14. The molecular formula is C22H25N3O. The van der Waals surface area contributed by atoms with Crippen molar-refractivity contribution in [1.82, 2.24) is 9.78 Å². The predicted molar refractivity (Wildman–Crippen MR) is 106 cm³/mol. The number of aromatic nitrogens is 2. The zero-order valence-electron chi connectivity index (χ0n) is 15.8. The highest BCUT2D eigenvalue weighted by Gasteiger charge is 2.19. The molecule has 0 aliphatic rings. The summed E-state index contributed by atoms with van der Waals surface area (Å²) < 4.78 is 1.89. The van der Waals surface area contributed by atoms with Crippen LogP contribution in [0.4, 0.5) is 5.69 Å². The fraction of sp³-hybridized carbons (Fsp3) is 0.273. The van der Waals surface area contributed by atoms with Gasteiger partial charge in [-0.3, -0.25) is 9.48 Å². The van der Waals surface area contributed by atoms with Gasteiger partial charge in [0.1, 0.15) is 0 Å². The number of hydrogen-bond acceptors (Lipinski definition) is 2. The molecule has 0 fully saturated rings. The molecule has 0 aliphatic heterocycles. The van der Waals surface area contributed by atoms with Crippen molar-refractivity contribution in [3.63, 3.8) is 0 Å². The Kier molecular flexibility index (Phi) is 5.21. The first-order valence-corrected chi connectivity index (χ1v) is 8.95. The van der Waals surface area contributed by atoms with Gasteiger partial charge >= 0.3 is 0 Å². The van der Waals surface area contributed by atoms with Crippen molar-refractivity contribution < 1.29 is 4.79 Å². The molecule has 3 rings (SSSR count). The molecule has 0 spiro atoms. The molecule has 0 aliphatic carbocycles. The number of anilines is 1. The lowest BCUT2D eigenvalue weighted by molar-refractivity contribution is 0.102. The number of nitrogens with zero attached hydrogens (tertiary/aromatic N) is 2. The molecule has 0 atom stereocenters. The molecule has 0 unspecified atom stereocenters. The second-order valence-corrected chi connectivity index (χ2v) is 6.92. The van der Waals surface area contributed by atoms with E-state index in [2.05, 4.69) is 48.5 Å². The second-order valence-electron chi connectivity index (χ2n) is 6.92. The quantitative estimate of drug-likeness (QED) is 0.712. The summed E-state index contributed by atoms with van der Waals surface area (Å²) in [5, 5.41) is 7.55. The number of carbonyl (C=O) groups excluding carboxylic acids is 1. The van der Waals surface area contributed by atoms with E-state index in [0.717, 1.165) is 22.6 Å². The molecule has 3 aromatic rings. The molecule has 1 amide bonds. The number of carbonyl (C=O) groups is 1. The highest BCUT2D eigenvalue weighted by Crippen LogP contribution is 2.20. The summed E-state index contributed by atoms with van der Waals surface area (Å²) in [6.45, 7) is 8.79. The van der Waals surface area contributed by atoms with Crippen molar-refractivity contribution in [3.8, 4) is 0 Å². The van der Waals surface area contributed by atoms with Crippen LogP contribution in [-0.4, -0.2) is 15.7 Å². The van der Waals surface area contributed by atoms with E-state index in [4.69, 9.17) is 0 Å². The predicted octanol–water partition coefficient (Wildman–Crippen LogP) is 4.92. The SMILES string of the molecule is Cc1nn(Cc2ccccc2)c(C)c1C(=O)Nc1ccc(C(C)C)cc1. The molecule has 2 aromatic carbocycles. The Labute approximate surface area is 154 Å². The van der Waals surface area contributed by atoms with Crippen molar-refractivity contribution in [3.05, 3.63) is 82.7 Å². The van der Waals surface area contributed by atoms with Crippen LogP contribution in [0.2, 0.25) is 0 Å². The Hall–Kier alpha value is -2.88. The normalized spacial score (nSPS) is 11.0. The van der Waals surface area contributed by atoms with E-state index in [1.807, 2.05) is 48.9 Å². The molecule has 1 aromatic heterocycles. The first-order valence-electron chi connectivity index (χ1n) is 8.95. The summed E-state index contributed by atoms with van der Waals surface area (Å²) in [6, 6.07) is 18.1. The summed E-state index contributed by atoms with van der Waals surface area (Å²) in [6.07, 6.45) is 0. The summed E-state index contributed by atoms with van der Waals surface area (Å²) in [5.41, 5.74) is 5.49. The van der Waals surface area contributed by atoms with Gasteiger partial charge in [-0.05, 0) is 43.0 Å². The second kappa shape index (κ2) is 7.56. The average molecular weight is 347 g/mol. The van der Waals surface area contributed by atoms with Gasteiger partial charge in [0, 0.05) is 11.4 Å². The Morgan fingerprint density at radius 3 is 2.31 bits per heavy atom. The van der Waals surface area contributed by atoms with Crippen LogP contribution in [0.15, 0.2) is 54.6 Å². The van der Waals surface area contributed by atoms with E-state index in [0.29, 0.717) is 18.0 Å². The number of nitrogens with one attached hydrogen (secondary N) is 1. The molecule has 1 N–H and O–H groups in total. The average Bonchev–Trinajstić information content (AvgIpc) is 2.90. The number of hydrogen-bond donors (Lipinski definition) is 1. The van der Waals surface area contributed by atoms with E-state index in [1.165, 1.54) is 5.56 Å². The molecule has 0 radical (unpaired) electrons. The van der Waals surface area contributed by atoms with Gasteiger partial charge in [0.05, 0.1) is 17.8 Å². The van der Waals surface area contributed by atoms with Gasteiger partial charge in [-0.25, -0.2) is 0 Å². The maximum Gasteiger partial charge on any atom is 0.259 e. The van der Waals surface area contributed by atoms with Gasteiger partial charge in [0.25, 0.3) is 5.91 Å². The van der Waals surface area contributed by atoms with E-state index in [-0.39, 0.29) is 5.91 Å². The monoisotopic (exact) mass is 347 g/mol. The van der Waals surface area contributed by atoms with Crippen LogP contribution in [0.25, 0.3) is 0 Å². The molecule has 0 bridgehead atoms. The van der Waals surface area contributed by atoms with Crippen molar-refractivity contribution in [2.45, 2.75) is 40.2 Å². The molecular weight excluding hydrogens is 322 g/mol. The highest BCUT2D eigenvalue weighted by atomic mass is 16.1. The zero-order valence-corrected chi connectivity index (χ0v) is 15.8. The maximum absolute atomic E-state index is 12.8. The van der Waals surface area contributed by atoms with E-state index in [9.17, 15) is 4.79 Å². The third-order valence-corrected chi connectivity index (χ3v) is 4.62. The Bertz CT molecular complexity index is 893. The van der Waals surface area contributed by atoms with Crippen LogP contribution in [-0.2, 0) is 6.54 Å². The minimum absolute atomic E-state index is 0.114. The van der Waals surface area contributed by atoms with E-state index < -0.39 is 0 Å². The third-order valence-electron chi connectivity index (χ3n) is 4.62. The fourth-order valence-corrected chi connectivity index (χ4v) is 3.08. The fourth-order valence-electron chi connectivity index (χ4n) is 3.08. The van der Waals surface area contributed by atoms with Crippen LogP contribution in [0.1, 0.15) is 52.6 Å². The minimum Gasteiger partial charge on any atom is -0.322 e. The summed E-state index contributed by atoms with van der Waals surface area (Å²) in [7, 11) is 0. The molecule has 0 saturated heterocycles. The lowest BCUT2D eigenvalue weighted by Gasteiger charge is -2.09. The minimum atomic E-state index is -0.114. The van der Waals surface area contributed by atoms with Crippen LogP contribution in [0.5, 0.6) is 0 Å². The third kappa shape index (κ3) is 3.85. The maximum atomic E-state index is 12.8. The van der Waals surface area contributed by atoms with E-state index >= 15 is 0 Å². The molecule has 1 heterocycles. The first-order chi connectivity index (χ1) is 12.5. The Morgan fingerprint density at radius 1 is 1.04 bits per heavy atom. The molecule has 4 heteroatoms. The van der Waals surface area contributed by atoms with Crippen LogP contribution in [0.3, 0.4) is 0 Å². The van der Waals surface area contributed by atoms with Crippen molar-refractivity contribution in [2.75, 3.05) is 5.32 Å². The smallest absolute Gasteiger partial charge is 0.259 e. The molecule has 4 nitrogen and oxygen atoms in total. The number of benzene rings is 2. The number of rotatable bonds is 5. The standard InChI is InChI=1S/C22H25N3O/c1-15(2)19-10-12-20(13-11-19)23-22(26)21-16(3)24-25(17(21)4)14-18-8-6-5-7-9-18/h5-13,15H,14H2,1-4H3,(H,23,26). The van der Waals surface area contributed by atoms with Crippen LogP contribution < -0.4 is 5.32 Å². The summed E-state index contributed by atoms with van der Waals surface area (Å²) >= 11 is 0. The van der Waals surface area contributed by atoms with Crippen molar-refractivity contribution in [2.24, 2.45) is 0 Å². The first kappa shape index (κ1) is 17.9. The Morgan fingerprint density at radius 2 is 1.69 bits per heavy atom. The molecule has 0 saturated carbocycles. The van der Waals surface area contributed by atoms with Crippen LogP contribution >= 0.6 is 0 Å². The van der Waals surface area contributed by atoms with Crippen molar-refractivity contribution in [1.29, 1.82) is 0 Å². The highest BCUT2D eigenvalue weighted by molar-refractivity contribution is 6.05. The van der Waals surface area contributed by atoms with Gasteiger partial charge in [-0.2, -0.15) is 5.10 Å². The van der Waals surface area contributed by atoms with Gasteiger partial charge in [-0.15, -0.1) is 0 Å². The molecule has 26 heavy (non-hydrogen) atoms. The lowest BCUT2D eigenvalue weighted by atomic mass is 10.0. The summed E-state index contributed by atoms with van der Waals surface area (Å²) in [5.74, 6) is 0.358. The largest absolute Gasteiger partial charge is 0.322 e. The van der Waals surface area contributed by atoms with Gasteiger partial charge in [0.15, 0.2) is 0 Å². The Balaban J connectivity index is 1.79. The van der Waals surface area contributed by atoms with Crippen molar-refractivity contribution >= 4 is 11.6 Å². The van der Waals surface area contributed by atoms with Crippen LogP contribution in [0, 0.1) is 13.8 Å². The van der Waals surface area contributed by atoms with Gasteiger partial charge in [0.2, 0.25) is 0 Å². The van der Waals surface area contributed by atoms with Gasteiger partial charge < -0.3 is 5.32 Å². The topological polar surface area (TPSA) is 46.9 Å². The van der Waals surface area contributed by atoms with E-state index in [1.54, 1.807) is 0 Å².